The van der Waals surface area contributed by atoms with E-state index in [1.54, 1.807) is 0 Å². The maximum absolute atomic E-state index is 10.7. The number of aliphatic hydroxyl groups is 11. The largest absolute Gasteiger partial charge is 0.394 e. The third kappa shape index (κ3) is 5.67. The summed E-state index contributed by atoms with van der Waals surface area (Å²) in [5.41, 5.74) is -1.32. The lowest BCUT2D eigenvalue weighted by atomic mass is 9.99. The molecule has 0 spiro atoms. The van der Waals surface area contributed by atoms with Crippen LogP contribution in [0.2, 0.25) is 0 Å². The molecule has 0 amide bonds. The maximum atomic E-state index is 10.7. The molecule has 3 heterocycles. The molecule has 34 heavy (non-hydrogen) atoms. The third-order valence-corrected chi connectivity index (χ3v) is 7.60. The van der Waals surface area contributed by atoms with E-state index in [4.69, 9.17) is 18.9 Å². The van der Waals surface area contributed by atoms with Crippen molar-refractivity contribution >= 4 is 11.8 Å². The molecule has 16 heteroatoms. The summed E-state index contributed by atoms with van der Waals surface area (Å²) < 4.78 is 21.1. The van der Waals surface area contributed by atoms with Crippen molar-refractivity contribution in [2.24, 2.45) is 0 Å². The predicted octanol–water partition coefficient (Wildman–Crippen LogP) is -6.86. The first-order valence-electron chi connectivity index (χ1n) is 10.6. The van der Waals surface area contributed by atoms with Gasteiger partial charge in [0.1, 0.15) is 66.5 Å². The molecule has 200 valence electrons. The average Bonchev–Trinajstić information content (AvgIpc) is 2.82. The average molecular weight is 521 g/mol. The van der Waals surface area contributed by atoms with E-state index in [0.29, 0.717) is 11.8 Å². The Hall–Kier alpha value is -0.250. The summed E-state index contributed by atoms with van der Waals surface area (Å²) in [6.07, 6.45) is -20.4. The summed E-state index contributed by atoms with van der Waals surface area (Å²) in [5.74, 6) is 0. The fourth-order valence-corrected chi connectivity index (χ4v) is 5.41. The molecule has 15 atom stereocenters. The van der Waals surface area contributed by atoms with Gasteiger partial charge in [0, 0.05) is 0 Å². The van der Waals surface area contributed by atoms with Gasteiger partial charge in [-0.3, -0.25) is 0 Å². The summed E-state index contributed by atoms with van der Waals surface area (Å²) in [5, 5.41) is 108. The Labute approximate surface area is 197 Å². The molecular weight excluding hydrogens is 488 g/mol. The zero-order valence-electron chi connectivity index (χ0n) is 17.7. The first-order chi connectivity index (χ1) is 16.0. The highest BCUT2D eigenvalue weighted by Gasteiger charge is 2.51. The summed E-state index contributed by atoms with van der Waals surface area (Å²) in [7, 11) is 0. The highest BCUT2D eigenvalue weighted by molar-refractivity contribution is 8.00. The lowest BCUT2D eigenvalue weighted by Crippen LogP contribution is -2.62. The van der Waals surface area contributed by atoms with Crippen LogP contribution in [0.15, 0.2) is 0 Å². The molecule has 0 bridgehead atoms. The number of hydrogen-bond donors (Lipinski definition) is 11. The first-order valence-corrected chi connectivity index (χ1v) is 11.5. The van der Waals surface area contributed by atoms with E-state index in [2.05, 4.69) is 0 Å². The van der Waals surface area contributed by atoms with E-state index in [-0.39, 0.29) is 0 Å². The van der Waals surface area contributed by atoms with Gasteiger partial charge < -0.3 is 75.1 Å². The predicted molar refractivity (Wildman–Crippen MR) is 108 cm³/mol. The monoisotopic (exact) mass is 520 g/mol. The Morgan fingerprint density at radius 2 is 1.12 bits per heavy atom. The smallest absolute Gasteiger partial charge is 0.186 e. The molecule has 3 saturated heterocycles. The molecule has 3 aliphatic rings. The van der Waals surface area contributed by atoms with Gasteiger partial charge in [-0.15, -0.1) is 11.8 Å². The minimum absolute atomic E-state index is 0.542. The Bertz CT molecular complexity index is 642. The number of rotatable bonds is 7. The Morgan fingerprint density at radius 1 is 0.559 bits per heavy atom. The second-order valence-corrected chi connectivity index (χ2v) is 9.66. The summed E-state index contributed by atoms with van der Waals surface area (Å²) in [4.78, 5) is 0. The molecule has 11 N–H and O–H groups in total. The SMILES string of the molecule is OC[C@H]1O[C@H](OC[C@H]2O[C@H](O)[C@@H](O)[C@@H](S[C@H]3O[C@H](CO)[C@@H](O)[C@H](O)[C@@H]3O)[C@@H]2O)[C@@H](O)[C@@H](O)[C@@H]1O. The second kappa shape index (κ2) is 11.9. The van der Waals surface area contributed by atoms with Crippen LogP contribution in [0.3, 0.4) is 0 Å². The zero-order valence-corrected chi connectivity index (χ0v) is 18.6. The summed E-state index contributed by atoms with van der Waals surface area (Å²) in [6.45, 7) is -1.91. The van der Waals surface area contributed by atoms with E-state index in [0.717, 1.165) is 0 Å². The van der Waals surface area contributed by atoms with Gasteiger partial charge in [-0.05, 0) is 0 Å². The molecule has 15 nitrogen and oxygen atoms in total. The van der Waals surface area contributed by atoms with Crippen LogP contribution in [-0.2, 0) is 18.9 Å². The van der Waals surface area contributed by atoms with Crippen molar-refractivity contribution in [3.8, 4) is 0 Å². The molecule has 0 aromatic rings. The molecule has 3 rings (SSSR count). The van der Waals surface area contributed by atoms with E-state index < -0.39 is 110 Å². The molecule has 0 aromatic heterocycles. The second-order valence-electron chi connectivity index (χ2n) is 8.37. The van der Waals surface area contributed by atoms with Gasteiger partial charge in [-0.2, -0.15) is 0 Å². The minimum atomic E-state index is -1.82. The van der Waals surface area contributed by atoms with E-state index >= 15 is 0 Å². The lowest BCUT2D eigenvalue weighted by Gasteiger charge is -2.45. The highest BCUT2D eigenvalue weighted by Crippen LogP contribution is 2.37. The van der Waals surface area contributed by atoms with Crippen molar-refractivity contribution in [1.29, 1.82) is 0 Å². The van der Waals surface area contributed by atoms with E-state index in [1.165, 1.54) is 0 Å². The van der Waals surface area contributed by atoms with Gasteiger partial charge in [-0.1, -0.05) is 0 Å². The normalized spacial score (nSPS) is 52.5. The van der Waals surface area contributed by atoms with Crippen LogP contribution in [0.1, 0.15) is 0 Å². The lowest BCUT2D eigenvalue weighted by molar-refractivity contribution is -0.316. The van der Waals surface area contributed by atoms with Crippen LogP contribution < -0.4 is 0 Å². The number of hydrogen-bond acceptors (Lipinski definition) is 16. The molecule has 0 radical (unpaired) electrons. The van der Waals surface area contributed by atoms with Crippen molar-refractivity contribution in [3.63, 3.8) is 0 Å². The Kier molecular flexibility index (Phi) is 9.88. The molecule has 0 aliphatic carbocycles. The number of aliphatic hydroxyl groups excluding tert-OH is 11. The highest BCUT2D eigenvalue weighted by atomic mass is 32.2. The molecular formula is C18H32O15S. The molecule has 3 aliphatic heterocycles. The van der Waals surface area contributed by atoms with E-state index in [1.807, 2.05) is 0 Å². The molecule has 0 unspecified atom stereocenters. The fourth-order valence-electron chi connectivity index (χ4n) is 3.94. The van der Waals surface area contributed by atoms with Crippen LogP contribution in [-0.4, -0.2) is 166 Å². The van der Waals surface area contributed by atoms with Gasteiger partial charge in [0.2, 0.25) is 0 Å². The van der Waals surface area contributed by atoms with Crippen LogP contribution >= 0.6 is 11.8 Å². The van der Waals surface area contributed by atoms with Gasteiger partial charge in [-0.25, -0.2) is 0 Å². The van der Waals surface area contributed by atoms with Crippen LogP contribution in [0.5, 0.6) is 0 Å². The van der Waals surface area contributed by atoms with Crippen molar-refractivity contribution in [1.82, 2.24) is 0 Å². The van der Waals surface area contributed by atoms with Crippen LogP contribution in [0.4, 0.5) is 0 Å². The summed E-state index contributed by atoms with van der Waals surface area (Å²) in [6, 6.07) is 0. The van der Waals surface area contributed by atoms with Crippen LogP contribution in [0, 0.1) is 0 Å². The van der Waals surface area contributed by atoms with Crippen molar-refractivity contribution in [3.05, 3.63) is 0 Å². The Morgan fingerprint density at radius 3 is 1.71 bits per heavy atom. The number of thioether (sulfide) groups is 1. The van der Waals surface area contributed by atoms with Crippen molar-refractivity contribution in [2.45, 2.75) is 90.4 Å². The molecule has 0 saturated carbocycles. The van der Waals surface area contributed by atoms with Gasteiger partial charge in [0.05, 0.1) is 31.2 Å². The standard InChI is InChI=1S/C18H32O15S/c19-1-4-7(21)10(24)12(26)17(32-4)30-3-6-9(23)15(14(28)16(29)31-6)34-18-13(27)11(25)8(22)5(2-20)33-18/h4-29H,1-3H2/t4-,5-,6-,7-,8-,9-,10+,11+,12+,13+,14+,15+,16+,17+,18-/m1/s1. The zero-order chi connectivity index (χ0) is 25.3. The fraction of sp³-hybridized carbons (Fsp3) is 1.00. The van der Waals surface area contributed by atoms with Gasteiger partial charge in [0.15, 0.2) is 12.6 Å². The third-order valence-electron chi connectivity index (χ3n) is 6.07. The number of ether oxygens (including phenoxy) is 4. The maximum Gasteiger partial charge on any atom is 0.186 e. The van der Waals surface area contributed by atoms with Gasteiger partial charge >= 0.3 is 0 Å². The topological polar surface area (TPSA) is 259 Å². The van der Waals surface area contributed by atoms with Gasteiger partial charge in [0.25, 0.3) is 0 Å². The Balaban J connectivity index is 1.65. The van der Waals surface area contributed by atoms with E-state index in [9.17, 15) is 56.2 Å². The molecule has 0 aromatic carbocycles. The van der Waals surface area contributed by atoms with Crippen molar-refractivity contribution < 1.29 is 75.1 Å². The van der Waals surface area contributed by atoms with Crippen LogP contribution in [0.25, 0.3) is 0 Å². The quantitative estimate of drug-likeness (QED) is 0.149. The summed E-state index contributed by atoms with van der Waals surface area (Å²) >= 11 is 0.628. The minimum Gasteiger partial charge on any atom is -0.394 e. The van der Waals surface area contributed by atoms with Crippen molar-refractivity contribution in [2.75, 3.05) is 19.8 Å². The first kappa shape index (κ1) is 28.3. The molecule has 3 fully saturated rings.